The molecule has 1 aliphatic rings. The molecule has 6 nitrogen and oxygen atoms in total. The Morgan fingerprint density at radius 3 is 1.09 bits per heavy atom. The fourth-order valence-corrected chi connectivity index (χ4v) is 1.91. The van der Waals surface area contributed by atoms with E-state index in [0.29, 0.717) is 0 Å². The maximum atomic E-state index is 5.60. The van der Waals surface area contributed by atoms with Gasteiger partial charge in [-0.15, -0.1) is 0 Å². The lowest BCUT2D eigenvalue weighted by atomic mass is 9.94. The van der Waals surface area contributed by atoms with Crippen molar-refractivity contribution in [3.63, 3.8) is 0 Å². The van der Waals surface area contributed by atoms with Gasteiger partial charge >= 0.3 is 0 Å². The summed E-state index contributed by atoms with van der Waals surface area (Å²) in [4.78, 5) is 0. The van der Waals surface area contributed by atoms with Crippen LogP contribution < -0.4 is 0 Å². The molecule has 0 atom stereocenters. The van der Waals surface area contributed by atoms with Gasteiger partial charge in [0.1, 0.15) is 0 Å². The van der Waals surface area contributed by atoms with Crippen LogP contribution in [0.4, 0.5) is 0 Å². The zero-order valence-electron chi connectivity index (χ0n) is 25.2. The highest BCUT2D eigenvalue weighted by Gasteiger charge is 2.31. The van der Waals surface area contributed by atoms with Crippen LogP contribution in [-0.4, -0.2) is 67.8 Å². The normalized spacial score (nSPS) is 11.6. The van der Waals surface area contributed by atoms with Crippen molar-refractivity contribution in [1.29, 1.82) is 0 Å². The van der Waals surface area contributed by atoms with Gasteiger partial charge in [0.15, 0.2) is 5.79 Å². The Morgan fingerprint density at radius 1 is 0.629 bits per heavy atom. The SMILES string of the molecule is C.C.C=C(CC)OC.CC.CC.CCOC.CCOC.CCOC.CCOC1(OC)CCCCC1. The number of allylic oxidation sites excluding steroid dienone is 1. The summed E-state index contributed by atoms with van der Waals surface area (Å²) in [5, 5.41) is 0. The molecule has 0 aromatic rings. The van der Waals surface area contributed by atoms with Crippen LogP contribution in [0.1, 0.15) is 116 Å². The molecule has 0 N–H and O–H groups in total. The molecule has 6 heteroatoms. The fourth-order valence-electron chi connectivity index (χ4n) is 1.91. The van der Waals surface area contributed by atoms with E-state index in [1.165, 1.54) is 19.3 Å². The lowest BCUT2D eigenvalue weighted by molar-refractivity contribution is -0.235. The monoisotopic (exact) mass is 517 g/mol. The number of hydrogen-bond donors (Lipinski definition) is 0. The molecule has 0 spiro atoms. The minimum Gasteiger partial charge on any atom is -0.502 e. The Bertz CT molecular complexity index is 253. The molecule has 35 heavy (non-hydrogen) atoms. The first-order chi connectivity index (χ1) is 15.9. The van der Waals surface area contributed by atoms with Gasteiger partial charge in [0.05, 0.1) is 12.9 Å². The molecule has 0 amide bonds. The van der Waals surface area contributed by atoms with Crippen LogP contribution in [0.15, 0.2) is 12.3 Å². The molecule has 224 valence electrons. The maximum Gasteiger partial charge on any atom is 0.167 e. The maximum absolute atomic E-state index is 5.60. The average molecular weight is 517 g/mol. The number of ether oxygens (including phenoxy) is 6. The van der Waals surface area contributed by atoms with Crippen LogP contribution in [0.25, 0.3) is 0 Å². The first-order valence-corrected chi connectivity index (χ1v) is 12.8. The molecule has 0 radical (unpaired) electrons. The lowest BCUT2D eigenvalue weighted by Gasteiger charge is -2.35. The Morgan fingerprint density at radius 2 is 0.943 bits per heavy atom. The summed E-state index contributed by atoms with van der Waals surface area (Å²) in [6.07, 6.45) is 6.87. The van der Waals surface area contributed by atoms with Gasteiger partial charge in [-0.05, 0) is 40.5 Å². The minimum absolute atomic E-state index is 0. The molecule has 0 aliphatic heterocycles. The van der Waals surface area contributed by atoms with Gasteiger partial charge in [0.25, 0.3) is 0 Å². The highest BCUT2D eigenvalue weighted by Crippen LogP contribution is 2.31. The minimum atomic E-state index is -0.229. The van der Waals surface area contributed by atoms with E-state index in [4.69, 9.17) is 14.2 Å². The molecule has 0 aromatic heterocycles. The van der Waals surface area contributed by atoms with E-state index < -0.39 is 0 Å². The summed E-state index contributed by atoms with van der Waals surface area (Å²) in [6, 6.07) is 0. The number of rotatable bonds is 8. The van der Waals surface area contributed by atoms with Gasteiger partial charge in [0.2, 0.25) is 0 Å². The standard InChI is InChI=1S/C9H18O2.C5H10O.3C3H8O.2C2H6.2CH4/c1-3-11-9(10-2)7-5-4-6-8-9;1-4-5(2)6-3;3*1-3-4-2;2*1-2;;/h3-8H2,1-2H3;2,4H2,1,3H3;3*3H2,1-2H3;2*1-2H3;2*1H4. The van der Waals surface area contributed by atoms with E-state index >= 15 is 0 Å². The van der Waals surface area contributed by atoms with Crippen LogP contribution in [0.2, 0.25) is 0 Å². The molecule has 0 unspecified atom stereocenters. The first-order valence-electron chi connectivity index (χ1n) is 12.8. The predicted octanol–water partition coefficient (Wildman–Crippen LogP) is 9.17. The Balaban J connectivity index is -0.0000000442. The topological polar surface area (TPSA) is 55.4 Å². The zero-order valence-corrected chi connectivity index (χ0v) is 25.2. The zero-order chi connectivity index (χ0) is 27.4. The van der Waals surface area contributed by atoms with Crippen molar-refractivity contribution in [3.8, 4) is 0 Å². The first kappa shape index (κ1) is 55.0. The third-order valence-electron chi connectivity index (χ3n) is 3.94. The second-order valence-corrected chi connectivity index (χ2v) is 5.94. The molecule has 1 rings (SSSR count). The predicted molar refractivity (Wildman–Crippen MR) is 160 cm³/mol. The van der Waals surface area contributed by atoms with E-state index in [1.54, 1.807) is 35.5 Å². The quantitative estimate of drug-likeness (QED) is 0.237. The summed E-state index contributed by atoms with van der Waals surface area (Å²) >= 11 is 0. The molecule has 1 saturated carbocycles. The van der Waals surface area contributed by atoms with Gasteiger partial charge in [-0.2, -0.15) is 0 Å². The van der Waals surface area contributed by atoms with E-state index in [0.717, 1.165) is 51.4 Å². The largest absolute Gasteiger partial charge is 0.502 e. The van der Waals surface area contributed by atoms with Crippen molar-refractivity contribution in [2.45, 2.75) is 121 Å². The molecule has 0 bridgehead atoms. The second kappa shape index (κ2) is 58.9. The van der Waals surface area contributed by atoms with Crippen LogP contribution in [0, 0.1) is 0 Å². The van der Waals surface area contributed by atoms with Gasteiger partial charge in [-0.3, -0.25) is 0 Å². The molecule has 1 aliphatic carbocycles. The van der Waals surface area contributed by atoms with E-state index in [1.807, 2.05) is 62.3 Å². The molecule has 0 saturated heterocycles. The third-order valence-corrected chi connectivity index (χ3v) is 3.94. The highest BCUT2D eigenvalue weighted by molar-refractivity contribution is 4.77. The molecule has 0 aromatic carbocycles. The Labute approximate surface area is 224 Å². The van der Waals surface area contributed by atoms with Crippen molar-refractivity contribution < 1.29 is 28.4 Å². The van der Waals surface area contributed by atoms with E-state index in [2.05, 4.69) is 20.8 Å². The van der Waals surface area contributed by atoms with Crippen molar-refractivity contribution in [2.24, 2.45) is 0 Å². The highest BCUT2D eigenvalue weighted by atomic mass is 16.7. The van der Waals surface area contributed by atoms with Crippen LogP contribution >= 0.6 is 0 Å². The summed E-state index contributed by atoms with van der Waals surface area (Å²) in [6.45, 7) is 24.7. The van der Waals surface area contributed by atoms with Crippen molar-refractivity contribution in [2.75, 3.05) is 62.0 Å². The second-order valence-electron chi connectivity index (χ2n) is 5.94. The Kier molecular flexibility index (Phi) is 92.5. The summed E-state index contributed by atoms with van der Waals surface area (Å²) in [7, 11) is 8.42. The lowest BCUT2D eigenvalue weighted by Crippen LogP contribution is -2.36. The summed E-state index contributed by atoms with van der Waals surface area (Å²) < 4.78 is 29.3. The van der Waals surface area contributed by atoms with Crippen molar-refractivity contribution in [1.82, 2.24) is 0 Å². The van der Waals surface area contributed by atoms with Crippen LogP contribution in [0.3, 0.4) is 0 Å². The van der Waals surface area contributed by atoms with E-state index in [-0.39, 0.29) is 20.6 Å². The molecular formula is C29H72O6. The van der Waals surface area contributed by atoms with Crippen LogP contribution in [-0.2, 0) is 28.4 Å². The number of methoxy groups -OCH3 is 5. The molecular weight excluding hydrogens is 444 g/mol. The summed E-state index contributed by atoms with van der Waals surface area (Å²) in [5.74, 6) is 0.613. The molecule has 1 fully saturated rings. The average Bonchev–Trinajstić information content (AvgIpc) is 2.91. The van der Waals surface area contributed by atoms with E-state index in [9.17, 15) is 0 Å². The van der Waals surface area contributed by atoms with Crippen molar-refractivity contribution in [3.05, 3.63) is 12.3 Å². The van der Waals surface area contributed by atoms with Gasteiger partial charge in [-0.25, -0.2) is 0 Å². The number of hydrogen-bond acceptors (Lipinski definition) is 6. The third kappa shape index (κ3) is 60.1. The van der Waals surface area contributed by atoms with Crippen LogP contribution in [0.5, 0.6) is 0 Å². The molecule has 0 heterocycles. The van der Waals surface area contributed by atoms with Gasteiger partial charge in [-0.1, -0.05) is 62.5 Å². The van der Waals surface area contributed by atoms with Gasteiger partial charge < -0.3 is 28.4 Å². The Hall–Kier alpha value is -0.660. The van der Waals surface area contributed by atoms with Crippen molar-refractivity contribution >= 4 is 0 Å². The fraction of sp³-hybridized carbons (Fsp3) is 0.931. The summed E-state index contributed by atoms with van der Waals surface area (Å²) in [5.41, 5.74) is 0. The smallest absolute Gasteiger partial charge is 0.167 e. The van der Waals surface area contributed by atoms with Gasteiger partial charge in [0, 0.05) is 74.1 Å².